The molecule has 0 aliphatic carbocycles. The second kappa shape index (κ2) is 8.04. The predicted molar refractivity (Wildman–Crippen MR) is 103 cm³/mol. The molecule has 0 saturated carbocycles. The van der Waals surface area contributed by atoms with Crippen molar-refractivity contribution in [2.45, 2.75) is 37.4 Å². The lowest BCUT2D eigenvalue weighted by atomic mass is 9.94. The van der Waals surface area contributed by atoms with Crippen LogP contribution < -0.4 is 5.48 Å². The number of hydrogen-bond donors (Lipinski definition) is 2. The number of nitrogens with zero attached hydrogens (tertiary/aromatic N) is 1. The Morgan fingerprint density at radius 3 is 2.69 bits per heavy atom. The van der Waals surface area contributed by atoms with Gasteiger partial charge in [-0.3, -0.25) is 15.0 Å². The summed E-state index contributed by atoms with van der Waals surface area (Å²) in [7, 11) is -3.50. The van der Waals surface area contributed by atoms with Crippen LogP contribution in [0.15, 0.2) is 30.5 Å². The highest BCUT2D eigenvalue weighted by Gasteiger charge is 2.49. The summed E-state index contributed by atoms with van der Waals surface area (Å²) in [5.41, 5.74) is 3.40. The number of carbonyl (C=O) groups is 1. The molecule has 2 N–H and O–H groups in total. The number of aromatic nitrogens is 1. The number of halogens is 1. The van der Waals surface area contributed by atoms with Gasteiger partial charge in [0.25, 0.3) is 0 Å². The minimum absolute atomic E-state index is 0. The molecule has 2 aromatic heterocycles. The summed E-state index contributed by atoms with van der Waals surface area (Å²) in [6.07, 6.45) is 3.21. The van der Waals surface area contributed by atoms with Crippen LogP contribution in [0.3, 0.4) is 0 Å². The second-order valence-corrected chi connectivity index (χ2v) is 9.84. The van der Waals surface area contributed by atoms with Gasteiger partial charge < -0.3 is 0 Å². The maximum absolute atomic E-state index is 12.9. The van der Waals surface area contributed by atoms with Gasteiger partial charge in [-0.05, 0) is 38.0 Å². The van der Waals surface area contributed by atoms with E-state index in [1.165, 1.54) is 11.3 Å². The summed E-state index contributed by atoms with van der Waals surface area (Å²) in [4.78, 5) is 17.7. The minimum atomic E-state index is -3.50. The van der Waals surface area contributed by atoms with Gasteiger partial charge in [0.2, 0.25) is 5.91 Å². The number of thiophene rings is 1. The van der Waals surface area contributed by atoms with Crippen LogP contribution >= 0.6 is 23.7 Å². The highest BCUT2D eigenvalue weighted by molar-refractivity contribution is 7.92. The molecule has 0 spiro atoms. The Hall–Kier alpha value is -1.48. The van der Waals surface area contributed by atoms with Crippen LogP contribution in [-0.2, 0) is 19.4 Å². The number of hydrogen-bond acceptors (Lipinski definition) is 6. The SMILES string of the molecule is Cc1ccc(-c2ccc([C@@]3(CC(=O)NO)CCCCS3(=O)=O)s2)cn1.Cl. The Labute approximate surface area is 163 Å². The van der Waals surface area contributed by atoms with Gasteiger partial charge in [0.05, 0.1) is 12.2 Å². The number of rotatable bonds is 4. The van der Waals surface area contributed by atoms with Crippen LogP contribution in [-0.4, -0.2) is 30.3 Å². The van der Waals surface area contributed by atoms with E-state index < -0.39 is 20.5 Å². The maximum atomic E-state index is 12.9. The lowest BCUT2D eigenvalue weighted by Crippen LogP contribution is -2.43. The molecule has 1 saturated heterocycles. The zero-order chi connectivity index (χ0) is 18.1. The first-order valence-electron chi connectivity index (χ1n) is 8.06. The third-order valence-electron chi connectivity index (χ3n) is 4.66. The average molecular weight is 417 g/mol. The monoisotopic (exact) mass is 416 g/mol. The van der Waals surface area contributed by atoms with Crippen molar-refractivity contribution in [3.8, 4) is 10.4 Å². The standard InChI is InChI=1S/C17H20N2O4S2.ClH/c1-12-4-5-13(11-18-12)14-6-7-15(24-14)17(10-16(20)19-21)8-2-3-9-25(17,22)23;/h4-7,11,21H,2-3,8-10H2,1H3,(H,19,20);1H/t17-;/m0./s1. The molecule has 1 aliphatic heterocycles. The van der Waals surface area contributed by atoms with E-state index in [2.05, 4.69) is 4.98 Å². The van der Waals surface area contributed by atoms with Gasteiger partial charge in [-0.1, -0.05) is 12.5 Å². The van der Waals surface area contributed by atoms with Gasteiger partial charge >= 0.3 is 0 Å². The first-order chi connectivity index (χ1) is 11.9. The molecule has 3 heterocycles. The van der Waals surface area contributed by atoms with Crippen molar-refractivity contribution in [1.82, 2.24) is 10.5 Å². The van der Waals surface area contributed by atoms with Crippen molar-refractivity contribution in [3.63, 3.8) is 0 Å². The Balaban J connectivity index is 0.00000243. The summed E-state index contributed by atoms with van der Waals surface area (Å²) in [5.74, 6) is -0.622. The quantitative estimate of drug-likeness (QED) is 0.589. The van der Waals surface area contributed by atoms with Crippen LogP contribution in [0.25, 0.3) is 10.4 Å². The molecular weight excluding hydrogens is 396 g/mol. The van der Waals surface area contributed by atoms with E-state index in [4.69, 9.17) is 5.21 Å². The number of pyridine rings is 1. The number of carbonyl (C=O) groups excluding carboxylic acids is 1. The van der Waals surface area contributed by atoms with Crippen molar-refractivity contribution >= 4 is 39.5 Å². The predicted octanol–water partition coefficient (Wildman–Crippen LogP) is 3.23. The van der Waals surface area contributed by atoms with Crippen LogP contribution in [0.2, 0.25) is 0 Å². The molecule has 3 rings (SSSR count). The Morgan fingerprint density at radius 1 is 1.31 bits per heavy atom. The zero-order valence-electron chi connectivity index (χ0n) is 14.3. The fraction of sp³-hybridized carbons (Fsp3) is 0.412. The first-order valence-corrected chi connectivity index (χ1v) is 10.5. The van der Waals surface area contributed by atoms with E-state index in [1.807, 2.05) is 25.1 Å². The summed E-state index contributed by atoms with van der Waals surface area (Å²) >= 11 is 1.37. The molecular formula is C17H21ClN2O4S2. The first kappa shape index (κ1) is 20.8. The Kier molecular flexibility index (Phi) is 6.44. The van der Waals surface area contributed by atoms with Crippen molar-refractivity contribution < 1.29 is 18.4 Å². The number of aryl methyl sites for hydroxylation is 1. The highest BCUT2D eigenvalue weighted by atomic mass is 35.5. The van der Waals surface area contributed by atoms with Gasteiger partial charge in [-0.2, -0.15) is 0 Å². The molecule has 2 aromatic rings. The van der Waals surface area contributed by atoms with E-state index >= 15 is 0 Å². The van der Waals surface area contributed by atoms with Crippen LogP contribution in [0, 0.1) is 6.92 Å². The van der Waals surface area contributed by atoms with Gasteiger partial charge in [0, 0.05) is 27.2 Å². The maximum Gasteiger partial charge on any atom is 0.245 e. The number of nitrogens with one attached hydrogen (secondary N) is 1. The molecule has 0 bridgehead atoms. The molecule has 1 aliphatic rings. The molecule has 1 amide bonds. The number of hydroxylamine groups is 1. The van der Waals surface area contributed by atoms with E-state index in [0.29, 0.717) is 17.7 Å². The molecule has 0 unspecified atom stereocenters. The molecule has 1 atom stereocenters. The van der Waals surface area contributed by atoms with Crippen molar-refractivity contribution in [2.24, 2.45) is 0 Å². The molecule has 26 heavy (non-hydrogen) atoms. The molecule has 1 fully saturated rings. The van der Waals surface area contributed by atoms with Gasteiger partial charge in [0.15, 0.2) is 9.84 Å². The van der Waals surface area contributed by atoms with Crippen molar-refractivity contribution in [2.75, 3.05) is 5.75 Å². The molecule has 9 heteroatoms. The van der Waals surface area contributed by atoms with Crippen LogP contribution in [0.4, 0.5) is 0 Å². The van der Waals surface area contributed by atoms with E-state index in [1.54, 1.807) is 17.7 Å². The highest BCUT2D eigenvalue weighted by Crippen LogP contribution is 2.47. The molecule has 0 aromatic carbocycles. The van der Waals surface area contributed by atoms with Gasteiger partial charge in [-0.25, -0.2) is 13.9 Å². The Morgan fingerprint density at radius 2 is 2.08 bits per heavy atom. The smallest absolute Gasteiger partial charge is 0.245 e. The third-order valence-corrected chi connectivity index (χ3v) is 8.71. The number of sulfone groups is 1. The molecule has 0 radical (unpaired) electrons. The third kappa shape index (κ3) is 3.78. The Bertz CT molecular complexity index is 880. The van der Waals surface area contributed by atoms with Gasteiger partial charge in [0.1, 0.15) is 4.75 Å². The summed E-state index contributed by atoms with van der Waals surface area (Å²) in [5, 5.41) is 8.91. The lowest BCUT2D eigenvalue weighted by Gasteiger charge is -2.35. The lowest BCUT2D eigenvalue weighted by molar-refractivity contribution is -0.130. The van der Waals surface area contributed by atoms with Gasteiger partial charge in [-0.15, -0.1) is 23.7 Å². The topological polar surface area (TPSA) is 96.4 Å². The summed E-state index contributed by atoms with van der Waals surface area (Å²) in [6, 6.07) is 7.50. The summed E-state index contributed by atoms with van der Waals surface area (Å²) in [6.45, 7) is 1.90. The zero-order valence-corrected chi connectivity index (χ0v) is 16.7. The van der Waals surface area contributed by atoms with E-state index in [-0.39, 0.29) is 24.6 Å². The largest absolute Gasteiger partial charge is 0.289 e. The average Bonchev–Trinajstić information content (AvgIpc) is 3.07. The number of amides is 1. The van der Waals surface area contributed by atoms with Crippen molar-refractivity contribution in [3.05, 3.63) is 41.0 Å². The minimum Gasteiger partial charge on any atom is -0.289 e. The fourth-order valence-electron chi connectivity index (χ4n) is 3.27. The van der Waals surface area contributed by atoms with E-state index in [0.717, 1.165) is 22.6 Å². The van der Waals surface area contributed by atoms with Crippen LogP contribution in [0.1, 0.15) is 36.3 Å². The fourth-order valence-corrected chi connectivity index (χ4v) is 7.04. The normalized spacial score (nSPS) is 21.6. The second-order valence-electron chi connectivity index (χ2n) is 6.33. The molecule has 142 valence electrons. The van der Waals surface area contributed by atoms with Crippen molar-refractivity contribution in [1.29, 1.82) is 0 Å². The molecule has 6 nitrogen and oxygen atoms in total. The van der Waals surface area contributed by atoms with Crippen LogP contribution in [0.5, 0.6) is 0 Å². The van der Waals surface area contributed by atoms with E-state index in [9.17, 15) is 13.2 Å². The summed E-state index contributed by atoms with van der Waals surface area (Å²) < 4.78 is 24.5.